The molecule has 0 bridgehead atoms. The molecule has 1 aromatic carbocycles. The van der Waals surface area contributed by atoms with Crippen molar-refractivity contribution >= 4 is 11.3 Å². The first-order chi connectivity index (χ1) is 11.4. The van der Waals surface area contributed by atoms with Crippen LogP contribution in [0, 0.1) is 0 Å². The number of alkyl halides is 3. The number of aromatic amines is 1. The third-order valence-corrected chi connectivity index (χ3v) is 3.06. The molecule has 0 radical (unpaired) electrons. The van der Waals surface area contributed by atoms with Crippen LogP contribution >= 0.6 is 0 Å². The van der Waals surface area contributed by atoms with Crippen LogP contribution < -0.4 is 15.0 Å². The zero-order valence-corrected chi connectivity index (χ0v) is 12.0. The van der Waals surface area contributed by atoms with Crippen molar-refractivity contribution in [3.63, 3.8) is 0 Å². The minimum atomic E-state index is -4.81. The van der Waals surface area contributed by atoms with Gasteiger partial charge in [-0.3, -0.25) is 9.78 Å². The van der Waals surface area contributed by atoms with Crippen molar-refractivity contribution in [2.75, 3.05) is 7.11 Å². The number of benzene rings is 1. The zero-order chi connectivity index (χ0) is 17.3. The van der Waals surface area contributed by atoms with E-state index >= 15 is 0 Å². The maximum absolute atomic E-state index is 12.3. The van der Waals surface area contributed by atoms with E-state index in [-0.39, 0.29) is 29.2 Å². The number of hydrogen-bond acceptors (Lipinski definition) is 7. The van der Waals surface area contributed by atoms with Gasteiger partial charge < -0.3 is 9.47 Å². The Morgan fingerprint density at radius 2 is 2.08 bits per heavy atom. The van der Waals surface area contributed by atoms with E-state index in [0.29, 0.717) is 5.56 Å². The first-order valence-corrected chi connectivity index (χ1v) is 6.50. The molecule has 0 unspecified atom stereocenters. The first-order valence-electron chi connectivity index (χ1n) is 6.50. The lowest BCUT2D eigenvalue weighted by Gasteiger charge is -2.12. The summed E-state index contributed by atoms with van der Waals surface area (Å²) in [5, 5.41) is 6.97. The Morgan fingerprint density at radius 1 is 1.29 bits per heavy atom. The van der Waals surface area contributed by atoms with Crippen molar-refractivity contribution in [2.45, 2.75) is 12.8 Å². The molecule has 126 valence electrons. The number of nitrogens with zero attached hydrogens (tertiary/aromatic N) is 3. The van der Waals surface area contributed by atoms with Crippen molar-refractivity contribution in [3.8, 4) is 11.5 Å². The summed E-state index contributed by atoms with van der Waals surface area (Å²) in [5.41, 5.74) is 0.225. The van der Waals surface area contributed by atoms with Crippen LogP contribution in [0.25, 0.3) is 11.3 Å². The van der Waals surface area contributed by atoms with E-state index in [0.717, 1.165) is 12.1 Å². The van der Waals surface area contributed by atoms with Crippen LogP contribution in [0.1, 0.15) is 11.3 Å². The zero-order valence-electron chi connectivity index (χ0n) is 12.0. The van der Waals surface area contributed by atoms with E-state index in [9.17, 15) is 18.0 Å². The third kappa shape index (κ3) is 3.29. The maximum Gasteiger partial charge on any atom is 0.573 e. The second-order valence-corrected chi connectivity index (χ2v) is 4.65. The molecular formula is C13H9F3N4O4. The van der Waals surface area contributed by atoms with Crippen LogP contribution in [-0.2, 0) is 6.42 Å². The number of methoxy groups -OCH3 is 1. The largest absolute Gasteiger partial charge is 0.573 e. The fraction of sp³-hybridized carbons (Fsp3) is 0.231. The summed E-state index contributed by atoms with van der Waals surface area (Å²) in [6.45, 7) is 0. The van der Waals surface area contributed by atoms with Gasteiger partial charge in [0, 0.05) is 18.1 Å². The lowest BCUT2D eigenvalue weighted by molar-refractivity contribution is -0.274. The van der Waals surface area contributed by atoms with Gasteiger partial charge >= 0.3 is 6.36 Å². The molecule has 3 rings (SSSR count). The van der Waals surface area contributed by atoms with Gasteiger partial charge in [0.25, 0.3) is 5.56 Å². The van der Waals surface area contributed by atoms with E-state index in [1.165, 1.54) is 13.2 Å². The summed E-state index contributed by atoms with van der Waals surface area (Å²) in [5.74, 6) is -0.308. The topological polar surface area (TPSA) is 103 Å². The molecule has 8 nitrogen and oxygen atoms in total. The van der Waals surface area contributed by atoms with E-state index < -0.39 is 17.7 Å². The summed E-state index contributed by atoms with van der Waals surface area (Å²) in [6.07, 6.45) is -4.80. The fourth-order valence-corrected chi connectivity index (χ4v) is 2.06. The molecule has 2 aromatic heterocycles. The second kappa shape index (κ2) is 5.83. The molecule has 11 heteroatoms. The highest BCUT2D eigenvalue weighted by molar-refractivity contribution is 5.62. The summed E-state index contributed by atoms with van der Waals surface area (Å²) in [6, 6.07) is 3.55. The van der Waals surface area contributed by atoms with Gasteiger partial charge in [0.05, 0.1) is 7.11 Å². The third-order valence-electron chi connectivity index (χ3n) is 3.06. The Labute approximate surface area is 131 Å². The van der Waals surface area contributed by atoms with Gasteiger partial charge in [-0.1, -0.05) is 6.07 Å². The van der Waals surface area contributed by atoms with E-state index in [1.54, 1.807) is 0 Å². The highest BCUT2D eigenvalue weighted by Crippen LogP contribution is 2.29. The smallest absolute Gasteiger partial charge is 0.496 e. The molecule has 0 spiro atoms. The number of hydrogen-bond donors (Lipinski definition) is 1. The summed E-state index contributed by atoms with van der Waals surface area (Å²) in [7, 11) is 1.29. The van der Waals surface area contributed by atoms with Crippen LogP contribution in [0.3, 0.4) is 0 Å². The lowest BCUT2D eigenvalue weighted by Crippen LogP contribution is -2.17. The number of aromatic nitrogens is 4. The van der Waals surface area contributed by atoms with Crippen molar-refractivity contribution in [1.29, 1.82) is 0 Å². The van der Waals surface area contributed by atoms with E-state index in [4.69, 9.17) is 4.74 Å². The number of nitrogens with one attached hydrogen (secondary N) is 1. The van der Waals surface area contributed by atoms with Gasteiger partial charge in [0.1, 0.15) is 17.2 Å². The minimum absolute atomic E-state index is 0.00754. The van der Waals surface area contributed by atoms with Gasteiger partial charge in [0.15, 0.2) is 0 Å². The standard InChI is InChI=1S/C13H9F3N4O4/c1-22-9-5-7(23-13(14,15)16)3-2-6(9)4-8-12(21)18-11-10(17-8)19-24-20-11/h2-3,5H,4H2,1H3,(H,18,20,21). The molecular weight excluding hydrogens is 333 g/mol. The molecule has 0 aliphatic rings. The molecule has 0 amide bonds. The number of halogens is 3. The predicted molar refractivity (Wildman–Crippen MR) is 72.7 cm³/mol. The maximum atomic E-state index is 12.3. The normalized spacial score (nSPS) is 11.7. The number of fused-ring (bicyclic) bond motifs is 1. The highest BCUT2D eigenvalue weighted by Gasteiger charge is 2.31. The fourth-order valence-electron chi connectivity index (χ4n) is 2.06. The number of rotatable bonds is 4. The van der Waals surface area contributed by atoms with Crippen LogP contribution in [0.5, 0.6) is 11.5 Å². The summed E-state index contributed by atoms with van der Waals surface area (Å²) < 4.78 is 50.1. The van der Waals surface area contributed by atoms with Crippen molar-refractivity contribution in [3.05, 3.63) is 39.8 Å². The highest BCUT2D eigenvalue weighted by atomic mass is 19.4. The van der Waals surface area contributed by atoms with E-state index in [1.807, 2.05) is 0 Å². The number of ether oxygens (including phenoxy) is 2. The molecule has 0 atom stereocenters. The van der Waals surface area contributed by atoms with Gasteiger partial charge in [-0.25, -0.2) is 9.61 Å². The molecule has 0 aliphatic carbocycles. The molecule has 24 heavy (non-hydrogen) atoms. The lowest BCUT2D eigenvalue weighted by atomic mass is 10.1. The van der Waals surface area contributed by atoms with Crippen LogP contribution in [0.15, 0.2) is 27.6 Å². The Morgan fingerprint density at radius 3 is 2.79 bits per heavy atom. The summed E-state index contributed by atoms with van der Waals surface area (Å²) >= 11 is 0. The van der Waals surface area contributed by atoms with Crippen molar-refractivity contribution in [1.82, 2.24) is 20.3 Å². The minimum Gasteiger partial charge on any atom is -0.496 e. The molecule has 1 N–H and O–H groups in total. The molecule has 0 saturated heterocycles. The Balaban J connectivity index is 1.93. The Hall–Kier alpha value is -3.11. The SMILES string of the molecule is COc1cc(OC(F)(F)F)ccc1Cc1nc2nonc2[nH]c1=O. The van der Waals surface area contributed by atoms with Crippen LogP contribution in [0.4, 0.5) is 13.2 Å². The van der Waals surface area contributed by atoms with Crippen LogP contribution in [-0.4, -0.2) is 33.8 Å². The number of H-pyrrole nitrogens is 1. The van der Waals surface area contributed by atoms with Gasteiger partial charge in [-0.05, 0) is 16.4 Å². The average Bonchev–Trinajstić information content (AvgIpc) is 2.94. The van der Waals surface area contributed by atoms with Gasteiger partial charge in [-0.2, -0.15) is 0 Å². The second-order valence-electron chi connectivity index (χ2n) is 4.65. The van der Waals surface area contributed by atoms with Gasteiger partial charge in [0.2, 0.25) is 11.3 Å². The predicted octanol–water partition coefficient (Wildman–Crippen LogP) is 1.80. The van der Waals surface area contributed by atoms with Gasteiger partial charge in [-0.15, -0.1) is 13.2 Å². The van der Waals surface area contributed by atoms with Crippen molar-refractivity contribution < 1.29 is 27.3 Å². The quantitative estimate of drug-likeness (QED) is 0.771. The monoisotopic (exact) mass is 342 g/mol. The molecule has 0 saturated carbocycles. The Bertz CT molecular complexity index is 935. The molecule has 3 aromatic rings. The van der Waals surface area contributed by atoms with E-state index in [2.05, 4.69) is 29.6 Å². The summed E-state index contributed by atoms with van der Waals surface area (Å²) in [4.78, 5) is 18.4. The Kier molecular flexibility index (Phi) is 3.83. The van der Waals surface area contributed by atoms with Crippen LogP contribution in [0.2, 0.25) is 0 Å². The molecule has 2 heterocycles. The average molecular weight is 342 g/mol. The van der Waals surface area contributed by atoms with Crippen molar-refractivity contribution in [2.24, 2.45) is 0 Å². The molecule has 0 aliphatic heterocycles. The molecule has 0 fully saturated rings. The first kappa shape index (κ1) is 15.8.